The van der Waals surface area contributed by atoms with E-state index >= 15 is 0 Å². The van der Waals surface area contributed by atoms with Gasteiger partial charge in [-0.2, -0.15) is 0 Å². The van der Waals surface area contributed by atoms with E-state index in [9.17, 15) is 9.18 Å². The lowest BCUT2D eigenvalue weighted by atomic mass is 10.2. The molecule has 0 saturated carbocycles. The fraction of sp³-hybridized carbons (Fsp3) is 0.381. The van der Waals surface area contributed by atoms with Crippen LogP contribution in [-0.4, -0.2) is 50.1 Å². The van der Waals surface area contributed by atoms with Crippen molar-refractivity contribution in [3.63, 3.8) is 0 Å². The average Bonchev–Trinajstić information content (AvgIpc) is 2.68. The van der Waals surface area contributed by atoms with Crippen molar-refractivity contribution >= 4 is 17.3 Å². The molecule has 0 unspecified atom stereocenters. The van der Waals surface area contributed by atoms with Gasteiger partial charge in [0.15, 0.2) is 17.7 Å². The second kappa shape index (κ2) is 8.86. The van der Waals surface area contributed by atoms with Crippen molar-refractivity contribution in [1.82, 2.24) is 4.90 Å². The lowest BCUT2D eigenvalue weighted by Crippen LogP contribution is -2.44. The number of nitrogens with zero attached hydrogens (tertiary/aromatic N) is 2. The number of halogens is 1. The van der Waals surface area contributed by atoms with Crippen LogP contribution < -0.4 is 15.0 Å². The summed E-state index contributed by atoms with van der Waals surface area (Å²) in [5.41, 5.74) is 1.85. The maximum absolute atomic E-state index is 13.8. The number of para-hydroxylation sites is 1. The normalized spacial score (nSPS) is 16.0. The highest BCUT2D eigenvalue weighted by Gasteiger charge is 2.20. The van der Waals surface area contributed by atoms with Crippen molar-refractivity contribution in [2.75, 3.05) is 43.4 Å². The van der Waals surface area contributed by atoms with E-state index in [1.165, 1.54) is 12.1 Å². The molecule has 1 N–H and O–H groups in total. The summed E-state index contributed by atoms with van der Waals surface area (Å²) in [4.78, 5) is 17.2. The third-order valence-corrected chi connectivity index (χ3v) is 4.77. The Labute approximate surface area is 159 Å². The number of hydrogen-bond acceptors (Lipinski definition) is 4. The molecular weight excluding hydrogens is 345 g/mol. The Bertz CT molecular complexity index is 758. The second-order valence-corrected chi connectivity index (χ2v) is 6.77. The van der Waals surface area contributed by atoms with Crippen molar-refractivity contribution in [2.45, 2.75) is 19.4 Å². The molecule has 2 aromatic carbocycles. The Morgan fingerprint density at radius 3 is 2.41 bits per heavy atom. The van der Waals surface area contributed by atoms with Gasteiger partial charge in [0.1, 0.15) is 0 Å². The molecule has 6 heteroatoms. The van der Waals surface area contributed by atoms with Crippen LogP contribution in [0.1, 0.15) is 13.3 Å². The first kappa shape index (κ1) is 19.2. The van der Waals surface area contributed by atoms with Crippen molar-refractivity contribution in [1.29, 1.82) is 0 Å². The summed E-state index contributed by atoms with van der Waals surface area (Å²) in [7, 11) is 2.13. The Balaban J connectivity index is 1.60. The Morgan fingerprint density at radius 1 is 1.11 bits per heavy atom. The summed E-state index contributed by atoms with van der Waals surface area (Å²) in [5, 5.41) is 2.86. The maximum atomic E-state index is 13.8. The first-order chi connectivity index (χ1) is 13.1. The van der Waals surface area contributed by atoms with Crippen LogP contribution in [0, 0.1) is 5.82 Å². The largest absolute Gasteiger partial charge is 0.478 e. The predicted octanol–water partition coefficient (Wildman–Crippen LogP) is 3.37. The fourth-order valence-electron chi connectivity index (χ4n) is 3.06. The van der Waals surface area contributed by atoms with E-state index in [2.05, 4.69) is 22.2 Å². The number of carbonyl (C=O) groups excluding carboxylic acids is 1. The topological polar surface area (TPSA) is 44.8 Å². The number of ether oxygens (including phenoxy) is 1. The minimum atomic E-state index is -0.751. The van der Waals surface area contributed by atoms with Crippen LogP contribution in [0.4, 0.5) is 15.8 Å². The van der Waals surface area contributed by atoms with Gasteiger partial charge in [0.05, 0.1) is 0 Å². The molecule has 1 heterocycles. The fourth-order valence-corrected chi connectivity index (χ4v) is 3.06. The van der Waals surface area contributed by atoms with Crippen LogP contribution in [0.2, 0.25) is 0 Å². The molecule has 0 spiro atoms. The first-order valence-electron chi connectivity index (χ1n) is 9.32. The first-order valence-corrected chi connectivity index (χ1v) is 9.32. The number of benzene rings is 2. The molecule has 1 amide bonds. The molecular formula is C21H26FN3O2. The molecule has 1 atom stereocenters. The van der Waals surface area contributed by atoms with Gasteiger partial charge in [0.2, 0.25) is 0 Å². The molecule has 1 aliphatic rings. The monoisotopic (exact) mass is 371 g/mol. The summed E-state index contributed by atoms with van der Waals surface area (Å²) < 4.78 is 19.3. The van der Waals surface area contributed by atoms with Gasteiger partial charge >= 0.3 is 0 Å². The number of hydrogen-bond donors (Lipinski definition) is 1. The summed E-state index contributed by atoms with van der Waals surface area (Å²) in [6.45, 7) is 5.92. The lowest BCUT2D eigenvalue weighted by Gasteiger charge is -2.34. The molecule has 1 aliphatic heterocycles. The zero-order valence-corrected chi connectivity index (χ0v) is 15.8. The zero-order valence-electron chi connectivity index (χ0n) is 15.8. The van der Waals surface area contributed by atoms with Crippen LogP contribution in [-0.2, 0) is 4.79 Å². The molecule has 0 radical (unpaired) electrons. The summed E-state index contributed by atoms with van der Waals surface area (Å²) in [6.07, 6.45) is -0.307. The van der Waals surface area contributed by atoms with E-state index in [-0.39, 0.29) is 11.7 Å². The minimum absolute atomic E-state index is 0.0879. The van der Waals surface area contributed by atoms with Gasteiger partial charge in [-0.05, 0) is 49.9 Å². The summed E-state index contributed by atoms with van der Waals surface area (Å²) >= 11 is 0. The number of likely N-dealkylation sites (N-methyl/N-ethyl adjacent to an activating group) is 1. The Hall–Kier alpha value is -2.60. The quantitative estimate of drug-likeness (QED) is 0.846. The van der Waals surface area contributed by atoms with E-state index in [1.807, 2.05) is 31.2 Å². The number of piperazine rings is 1. The van der Waals surface area contributed by atoms with Gasteiger partial charge in [-0.1, -0.05) is 19.1 Å². The van der Waals surface area contributed by atoms with Crippen LogP contribution in [0.15, 0.2) is 48.5 Å². The van der Waals surface area contributed by atoms with Crippen LogP contribution in [0.25, 0.3) is 0 Å². The van der Waals surface area contributed by atoms with Crippen molar-refractivity contribution < 1.29 is 13.9 Å². The summed E-state index contributed by atoms with van der Waals surface area (Å²) in [5.74, 6) is -0.668. The molecule has 3 rings (SSSR count). The van der Waals surface area contributed by atoms with Gasteiger partial charge < -0.3 is 19.9 Å². The molecule has 0 aromatic heterocycles. The van der Waals surface area contributed by atoms with E-state index in [1.54, 1.807) is 12.1 Å². The third kappa shape index (κ3) is 4.98. The zero-order chi connectivity index (χ0) is 19.2. The Kier molecular flexibility index (Phi) is 6.29. The lowest BCUT2D eigenvalue weighted by molar-refractivity contribution is -0.122. The standard InChI is InChI=1S/C21H26FN3O2/c1-3-19(27-20-7-5-4-6-18(20)22)21(26)23-16-8-10-17(11-9-16)25-14-12-24(2)13-15-25/h4-11,19H,3,12-15H2,1-2H3,(H,23,26)/t19-/m0/s1. The molecule has 2 aromatic rings. The van der Waals surface area contributed by atoms with Gasteiger partial charge in [0.25, 0.3) is 5.91 Å². The van der Waals surface area contributed by atoms with E-state index < -0.39 is 11.9 Å². The van der Waals surface area contributed by atoms with Crippen molar-refractivity contribution in [2.24, 2.45) is 0 Å². The highest BCUT2D eigenvalue weighted by molar-refractivity contribution is 5.94. The minimum Gasteiger partial charge on any atom is -0.478 e. The Morgan fingerprint density at radius 2 is 1.78 bits per heavy atom. The third-order valence-electron chi connectivity index (χ3n) is 4.77. The van der Waals surface area contributed by atoms with E-state index in [0.29, 0.717) is 12.1 Å². The van der Waals surface area contributed by atoms with Crippen molar-refractivity contribution in [3.05, 3.63) is 54.3 Å². The van der Waals surface area contributed by atoms with Gasteiger partial charge in [-0.3, -0.25) is 4.79 Å². The molecule has 0 bridgehead atoms. The van der Waals surface area contributed by atoms with E-state index in [4.69, 9.17) is 4.74 Å². The highest BCUT2D eigenvalue weighted by atomic mass is 19.1. The van der Waals surface area contributed by atoms with Gasteiger partial charge in [-0.25, -0.2) is 4.39 Å². The summed E-state index contributed by atoms with van der Waals surface area (Å²) in [6, 6.07) is 13.9. The van der Waals surface area contributed by atoms with Crippen LogP contribution in [0.3, 0.4) is 0 Å². The van der Waals surface area contributed by atoms with Crippen LogP contribution >= 0.6 is 0 Å². The molecule has 1 fully saturated rings. The molecule has 1 saturated heterocycles. The molecule has 0 aliphatic carbocycles. The van der Waals surface area contributed by atoms with Gasteiger partial charge in [0, 0.05) is 37.6 Å². The molecule has 5 nitrogen and oxygen atoms in total. The predicted molar refractivity (Wildman–Crippen MR) is 106 cm³/mol. The van der Waals surface area contributed by atoms with Crippen molar-refractivity contribution in [3.8, 4) is 5.75 Å². The number of amides is 1. The average molecular weight is 371 g/mol. The number of rotatable bonds is 6. The van der Waals surface area contributed by atoms with Gasteiger partial charge in [-0.15, -0.1) is 0 Å². The van der Waals surface area contributed by atoms with Crippen LogP contribution in [0.5, 0.6) is 5.75 Å². The molecule has 144 valence electrons. The smallest absolute Gasteiger partial charge is 0.265 e. The molecule has 27 heavy (non-hydrogen) atoms. The maximum Gasteiger partial charge on any atom is 0.265 e. The highest BCUT2D eigenvalue weighted by Crippen LogP contribution is 2.21. The number of anilines is 2. The SMILES string of the molecule is CC[C@H](Oc1ccccc1F)C(=O)Nc1ccc(N2CCN(C)CC2)cc1. The van der Waals surface area contributed by atoms with E-state index in [0.717, 1.165) is 31.9 Å². The number of carbonyl (C=O) groups is 1. The second-order valence-electron chi connectivity index (χ2n) is 6.77. The number of nitrogens with one attached hydrogen (secondary N) is 1.